The molecule has 15 heavy (non-hydrogen) atoms. The van der Waals surface area contributed by atoms with E-state index in [4.69, 9.17) is 0 Å². The summed E-state index contributed by atoms with van der Waals surface area (Å²) >= 11 is 0. The van der Waals surface area contributed by atoms with Crippen LogP contribution < -0.4 is 0 Å². The van der Waals surface area contributed by atoms with Gasteiger partial charge in [0.05, 0.1) is 0 Å². The highest BCUT2D eigenvalue weighted by atomic mass is 14.2. The lowest BCUT2D eigenvalue weighted by Crippen LogP contribution is -1.94. The molecule has 3 rings (SSSR count). The van der Waals surface area contributed by atoms with E-state index in [1.54, 1.807) is 5.57 Å². The van der Waals surface area contributed by atoms with Crippen LogP contribution in [0.4, 0.5) is 0 Å². The summed E-state index contributed by atoms with van der Waals surface area (Å²) in [4.78, 5) is 0. The van der Waals surface area contributed by atoms with Gasteiger partial charge in [0.25, 0.3) is 0 Å². The van der Waals surface area contributed by atoms with Crippen LogP contribution in [0.2, 0.25) is 0 Å². The van der Waals surface area contributed by atoms with Crippen LogP contribution in [0.1, 0.15) is 36.8 Å². The van der Waals surface area contributed by atoms with Crippen molar-refractivity contribution in [3.8, 4) is 0 Å². The molecule has 0 unspecified atom stereocenters. The second-order valence-corrected chi connectivity index (χ2v) is 4.47. The van der Waals surface area contributed by atoms with Gasteiger partial charge in [-0.25, -0.2) is 0 Å². The molecule has 2 aliphatic carbocycles. The molecule has 1 aromatic rings. The number of hydrogen-bond donors (Lipinski definition) is 0. The van der Waals surface area contributed by atoms with E-state index in [9.17, 15) is 0 Å². The van der Waals surface area contributed by atoms with Gasteiger partial charge in [0, 0.05) is 0 Å². The van der Waals surface area contributed by atoms with E-state index in [1.165, 1.54) is 48.8 Å². The second-order valence-electron chi connectivity index (χ2n) is 4.47. The molecule has 1 aromatic carbocycles. The molecule has 0 bridgehead atoms. The zero-order chi connectivity index (χ0) is 10.1. The van der Waals surface area contributed by atoms with Gasteiger partial charge in [-0.2, -0.15) is 0 Å². The first kappa shape index (κ1) is 8.96. The van der Waals surface area contributed by atoms with Crippen LogP contribution in [0.15, 0.2) is 42.0 Å². The standard InChI is InChI=1S/C15H16/c1-3-10-14-12(6-1)8-5-9-13-7-2-4-11-15(13)14/h1,3-4,6,10-11H,2,5,7-9H2. The molecular formula is C15H16. The maximum absolute atomic E-state index is 2.34. The summed E-state index contributed by atoms with van der Waals surface area (Å²) in [6.07, 6.45) is 11.0. The highest BCUT2D eigenvalue weighted by molar-refractivity contribution is 5.79. The van der Waals surface area contributed by atoms with Gasteiger partial charge in [0.2, 0.25) is 0 Å². The quantitative estimate of drug-likeness (QED) is 0.585. The molecule has 0 atom stereocenters. The van der Waals surface area contributed by atoms with E-state index in [1.807, 2.05) is 0 Å². The van der Waals surface area contributed by atoms with Gasteiger partial charge in [-0.1, -0.05) is 42.0 Å². The molecule has 0 nitrogen and oxygen atoms in total. The fourth-order valence-electron chi connectivity index (χ4n) is 2.74. The number of hydrogen-bond acceptors (Lipinski definition) is 0. The SMILES string of the molecule is C1=CC2=C(CC1)CCCc1ccccc12. The van der Waals surface area contributed by atoms with Crippen LogP contribution in [-0.2, 0) is 6.42 Å². The van der Waals surface area contributed by atoms with Crippen LogP contribution in [0, 0.1) is 0 Å². The average Bonchev–Trinajstić information content (AvgIpc) is 2.48. The summed E-state index contributed by atoms with van der Waals surface area (Å²) in [5, 5.41) is 0. The minimum atomic E-state index is 1.24. The van der Waals surface area contributed by atoms with E-state index >= 15 is 0 Å². The first-order valence-electron chi connectivity index (χ1n) is 5.92. The van der Waals surface area contributed by atoms with E-state index in [-0.39, 0.29) is 0 Å². The lowest BCUT2D eigenvalue weighted by molar-refractivity contribution is 0.781. The first-order valence-corrected chi connectivity index (χ1v) is 5.92. The first-order chi connectivity index (χ1) is 7.45. The molecule has 2 aliphatic rings. The third-order valence-corrected chi connectivity index (χ3v) is 3.51. The summed E-state index contributed by atoms with van der Waals surface area (Å²) in [5.74, 6) is 0. The molecular weight excluding hydrogens is 180 g/mol. The van der Waals surface area contributed by atoms with Gasteiger partial charge < -0.3 is 0 Å². The molecule has 0 spiro atoms. The minimum absolute atomic E-state index is 1.24. The number of aryl methyl sites for hydroxylation is 1. The van der Waals surface area contributed by atoms with Gasteiger partial charge in [0.1, 0.15) is 0 Å². The third-order valence-electron chi connectivity index (χ3n) is 3.51. The molecule has 0 fully saturated rings. The minimum Gasteiger partial charge on any atom is -0.0836 e. The van der Waals surface area contributed by atoms with Gasteiger partial charge in [0.15, 0.2) is 0 Å². The molecule has 0 aromatic heterocycles. The zero-order valence-corrected chi connectivity index (χ0v) is 9.00. The van der Waals surface area contributed by atoms with Crippen molar-refractivity contribution >= 4 is 5.57 Å². The average molecular weight is 196 g/mol. The summed E-state index contributed by atoms with van der Waals surface area (Å²) in [7, 11) is 0. The number of allylic oxidation sites excluding steroid dienone is 4. The van der Waals surface area contributed by atoms with Crippen molar-refractivity contribution in [1.82, 2.24) is 0 Å². The molecule has 0 saturated heterocycles. The Hall–Kier alpha value is -1.30. The Morgan fingerprint density at radius 1 is 0.933 bits per heavy atom. The Balaban J connectivity index is 2.18. The third kappa shape index (κ3) is 1.54. The van der Waals surface area contributed by atoms with Crippen molar-refractivity contribution in [2.24, 2.45) is 0 Å². The van der Waals surface area contributed by atoms with Gasteiger partial charge in [-0.3, -0.25) is 0 Å². The molecule has 0 amide bonds. The fourth-order valence-corrected chi connectivity index (χ4v) is 2.74. The van der Waals surface area contributed by atoms with E-state index < -0.39 is 0 Å². The van der Waals surface area contributed by atoms with Crippen molar-refractivity contribution in [1.29, 1.82) is 0 Å². The van der Waals surface area contributed by atoms with Gasteiger partial charge >= 0.3 is 0 Å². The Bertz CT molecular complexity index is 435. The monoisotopic (exact) mass is 196 g/mol. The van der Waals surface area contributed by atoms with Crippen molar-refractivity contribution in [2.75, 3.05) is 0 Å². The predicted molar refractivity (Wildman–Crippen MR) is 64.7 cm³/mol. The number of benzene rings is 1. The second kappa shape index (κ2) is 3.69. The van der Waals surface area contributed by atoms with Crippen molar-refractivity contribution in [3.05, 3.63) is 53.1 Å². The Morgan fingerprint density at radius 3 is 2.87 bits per heavy atom. The van der Waals surface area contributed by atoms with E-state index in [0.29, 0.717) is 0 Å². The van der Waals surface area contributed by atoms with Crippen molar-refractivity contribution < 1.29 is 0 Å². The van der Waals surface area contributed by atoms with Crippen LogP contribution in [-0.4, -0.2) is 0 Å². The highest BCUT2D eigenvalue weighted by Gasteiger charge is 2.16. The van der Waals surface area contributed by atoms with Gasteiger partial charge in [-0.05, 0) is 48.8 Å². The normalized spacial score (nSPS) is 19.5. The summed E-state index contributed by atoms with van der Waals surface area (Å²) in [6.45, 7) is 0. The number of rotatable bonds is 0. The smallest absolute Gasteiger partial charge is 0.0152 e. The van der Waals surface area contributed by atoms with Crippen LogP contribution in [0.3, 0.4) is 0 Å². The summed E-state index contributed by atoms with van der Waals surface area (Å²) in [6, 6.07) is 8.90. The molecule has 0 heteroatoms. The number of fused-ring (bicyclic) bond motifs is 2. The van der Waals surface area contributed by atoms with Crippen molar-refractivity contribution in [2.45, 2.75) is 32.1 Å². The van der Waals surface area contributed by atoms with E-state index in [2.05, 4.69) is 36.4 Å². The largest absolute Gasteiger partial charge is 0.0836 e. The summed E-state index contributed by atoms with van der Waals surface area (Å²) in [5.41, 5.74) is 6.23. The summed E-state index contributed by atoms with van der Waals surface area (Å²) < 4.78 is 0. The molecule has 0 radical (unpaired) electrons. The van der Waals surface area contributed by atoms with Gasteiger partial charge in [-0.15, -0.1) is 0 Å². The molecule has 0 heterocycles. The fraction of sp³-hybridized carbons (Fsp3) is 0.333. The maximum Gasteiger partial charge on any atom is -0.0152 e. The topological polar surface area (TPSA) is 0 Å². The van der Waals surface area contributed by atoms with E-state index in [0.717, 1.165) is 0 Å². The molecule has 0 N–H and O–H groups in total. The van der Waals surface area contributed by atoms with Crippen LogP contribution >= 0.6 is 0 Å². The molecule has 0 aliphatic heterocycles. The van der Waals surface area contributed by atoms with Crippen LogP contribution in [0.5, 0.6) is 0 Å². The Labute approximate surface area is 91.3 Å². The Morgan fingerprint density at radius 2 is 1.87 bits per heavy atom. The lowest BCUT2D eigenvalue weighted by atomic mass is 9.91. The maximum atomic E-state index is 2.34. The molecule has 76 valence electrons. The molecule has 0 saturated carbocycles. The highest BCUT2D eigenvalue weighted by Crippen LogP contribution is 2.35. The van der Waals surface area contributed by atoms with Crippen molar-refractivity contribution in [3.63, 3.8) is 0 Å². The van der Waals surface area contributed by atoms with Crippen LogP contribution in [0.25, 0.3) is 5.57 Å². The predicted octanol–water partition coefficient (Wildman–Crippen LogP) is 4.13. The zero-order valence-electron chi connectivity index (χ0n) is 9.00. The Kier molecular flexibility index (Phi) is 2.21. The lowest BCUT2D eigenvalue weighted by Gasteiger charge is -2.14.